The number of esters is 1. The summed E-state index contributed by atoms with van der Waals surface area (Å²) in [7, 11) is 0. The second kappa shape index (κ2) is 10.9. The lowest BCUT2D eigenvalue weighted by Crippen LogP contribution is -2.25. The third-order valence-corrected chi connectivity index (χ3v) is 5.38. The molecular weight excluding hydrogens is 402 g/mol. The number of hydrogen-bond acceptors (Lipinski definition) is 4. The summed E-state index contributed by atoms with van der Waals surface area (Å²) in [5.74, 6) is 0.623. The Balaban J connectivity index is 1.51. The number of hydrogen-bond donors (Lipinski definition) is 1. The van der Waals surface area contributed by atoms with E-state index in [1.54, 1.807) is 0 Å². The van der Waals surface area contributed by atoms with Crippen LogP contribution < -0.4 is 5.32 Å². The van der Waals surface area contributed by atoms with Gasteiger partial charge in [-0.15, -0.1) is 0 Å². The predicted octanol–water partition coefficient (Wildman–Crippen LogP) is 4.75. The fourth-order valence-electron chi connectivity index (χ4n) is 3.87. The van der Waals surface area contributed by atoms with E-state index in [0.717, 1.165) is 59.2 Å². The van der Waals surface area contributed by atoms with Gasteiger partial charge in [-0.2, -0.15) is 0 Å². The van der Waals surface area contributed by atoms with E-state index < -0.39 is 0 Å². The first-order chi connectivity index (χ1) is 15.3. The van der Waals surface area contributed by atoms with Gasteiger partial charge in [0.1, 0.15) is 12.4 Å². The van der Waals surface area contributed by atoms with Gasteiger partial charge in [-0.1, -0.05) is 36.2 Å². The first-order valence-corrected chi connectivity index (χ1v) is 11.3. The molecule has 0 atom stereocenters. The molecule has 0 spiro atoms. The maximum atomic E-state index is 12.4. The number of benzene rings is 2. The second-order valence-corrected chi connectivity index (χ2v) is 8.53. The summed E-state index contributed by atoms with van der Waals surface area (Å²) in [6.45, 7) is 8.50. The molecule has 6 heteroatoms. The number of para-hydroxylation sites is 2. The van der Waals surface area contributed by atoms with E-state index in [2.05, 4.69) is 5.32 Å². The third-order valence-electron chi connectivity index (χ3n) is 5.38. The van der Waals surface area contributed by atoms with Gasteiger partial charge in [0.2, 0.25) is 0 Å². The molecule has 0 bridgehead atoms. The van der Waals surface area contributed by atoms with Crippen LogP contribution in [-0.2, 0) is 22.5 Å². The van der Waals surface area contributed by atoms with Gasteiger partial charge < -0.3 is 14.6 Å². The van der Waals surface area contributed by atoms with Gasteiger partial charge in [0.05, 0.1) is 17.1 Å². The molecule has 170 valence electrons. The SMILES string of the molecule is Cc1ccc(C(=O)NCCCCCc2nc3ccccc3n2CC(=O)OC(C)C)c(C)c1. The normalized spacial score (nSPS) is 11.2. The second-order valence-electron chi connectivity index (χ2n) is 8.53. The van der Waals surface area contributed by atoms with Crippen molar-refractivity contribution in [1.82, 2.24) is 14.9 Å². The number of rotatable bonds is 10. The zero-order valence-corrected chi connectivity index (χ0v) is 19.5. The van der Waals surface area contributed by atoms with Crippen molar-refractivity contribution < 1.29 is 14.3 Å². The molecule has 3 rings (SSSR count). The van der Waals surface area contributed by atoms with Crippen molar-refractivity contribution in [3.63, 3.8) is 0 Å². The van der Waals surface area contributed by atoms with Gasteiger partial charge in [-0.3, -0.25) is 9.59 Å². The highest BCUT2D eigenvalue weighted by atomic mass is 16.5. The Kier molecular flexibility index (Phi) is 8.03. The van der Waals surface area contributed by atoms with E-state index in [1.165, 1.54) is 0 Å². The fraction of sp³-hybridized carbons (Fsp3) is 0.423. The van der Waals surface area contributed by atoms with Gasteiger partial charge >= 0.3 is 5.97 Å². The van der Waals surface area contributed by atoms with Gasteiger partial charge in [0.25, 0.3) is 5.91 Å². The Morgan fingerprint density at radius 2 is 1.84 bits per heavy atom. The number of amides is 1. The first-order valence-electron chi connectivity index (χ1n) is 11.3. The molecule has 32 heavy (non-hydrogen) atoms. The van der Waals surface area contributed by atoms with E-state index >= 15 is 0 Å². The average Bonchev–Trinajstić information content (AvgIpc) is 3.07. The van der Waals surface area contributed by atoms with Crippen LogP contribution in [0.3, 0.4) is 0 Å². The summed E-state index contributed by atoms with van der Waals surface area (Å²) in [4.78, 5) is 29.4. The summed E-state index contributed by atoms with van der Waals surface area (Å²) in [5, 5.41) is 3.01. The van der Waals surface area contributed by atoms with E-state index in [0.29, 0.717) is 6.54 Å². The molecule has 0 saturated carbocycles. The minimum atomic E-state index is -0.251. The minimum absolute atomic E-state index is 0.0204. The number of nitrogens with zero attached hydrogens (tertiary/aromatic N) is 2. The molecule has 2 aromatic carbocycles. The van der Waals surface area contributed by atoms with E-state index in [4.69, 9.17) is 9.72 Å². The van der Waals surface area contributed by atoms with Crippen LogP contribution in [0.5, 0.6) is 0 Å². The van der Waals surface area contributed by atoms with Crippen LogP contribution in [0.15, 0.2) is 42.5 Å². The largest absolute Gasteiger partial charge is 0.462 e. The number of carbonyl (C=O) groups excluding carboxylic acids is 2. The lowest BCUT2D eigenvalue weighted by Gasteiger charge is -2.11. The van der Waals surface area contributed by atoms with Crippen molar-refractivity contribution in [2.75, 3.05) is 6.54 Å². The summed E-state index contributed by atoms with van der Waals surface area (Å²) in [5.41, 5.74) is 4.72. The molecule has 0 aliphatic heterocycles. The highest BCUT2D eigenvalue weighted by Crippen LogP contribution is 2.18. The summed E-state index contributed by atoms with van der Waals surface area (Å²) in [6, 6.07) is 13.7. The van der Waals surface area contributed by atoms with Crippen LogP contribution in [0.1, 0.15) is 60.4 Å². The molecular formula is C26H33N3O3. The number of carbonyl (C=O) groups is 2. The number of unbranched alkanes of at least 4 members (excludes halogenated alkanes) is 2. The summed E-state index contributed by atoms with van der Waals surface area (Å²) in [6.07, 6.45) is 3.43. The molecule has 0 fully saturated rings. The topological polar surface area (TPSA) is 73.2 Å². The molecule has 1 aromatic heterocycles. The Morgan fingerprint density at radius 1 is 1.06 bits per heavy atom. The minimum Gasteiger partial charge on any atom is -0.462 e. The van der Waals surface area contributed by atoms with Gasteiger partial charge in [0.15, 0.2) is 0 Å². The zero-order chi connectivity index (χ0) is 23.1. The molecule has 0 unspecified atom stereocenters. The quantitative estimate of drug-likeness (QED) is 0.368. The summed E-state index contributed by atoms with van der Waals surface area (Å²) >= 11 is 0. The predicted molar refractivity (Wildman–Crippen MR) is 127 cm³/mol. The molecule has 6 nitrogen and oxygen atoms in total. The van der Waals surface area contributed by atoms with Gasteiger partial charge in [-0.25, -0.2) is 4.98 Å². The fourth-order valence-corrected chi connectivity index (χ4v) is 3.87. The van der Waals surface area contributed by atoms with Crippen LogP contribution >= 0.6 is 0 Å². The molecule has 0 radical (unpaired) electrons. The highest BCUT2D eigenvalue weighted by Gasteiger charge is 2.15. The molecule has 1 heterocycles. The Hall–Kier alpha value is -3.15. The maximum absolute atomic E-state index is 12.4. The molecule has 0 saturated heterocycles. The number of nitrogens with one attached hydrogen (secondary N) is 1. The highest BCUT2D eigenvalue weighted by molar-refractivity contribution is 5.95. The van der Waals surface area contributed by atoms with Crippen LogP contribution in [0.4, 0.5) is 0 Å². The van der Waals surface area contributed by atoms with Crippen LogP contribution in [0.2, 0.25) is 0 Å². The number of ether oxygens (including phenoxy) is 1. The van der Waals surface area contributed by atoms with Crippen LogP contribution in [0, 0.1) is 13.8 Å². The Morgan fingerprint density at radius 3 is 2.59 bits per heavy atom. The molecule has 0 aliphatic rings. The van der Waals surface area contributed by atoms with Crippen LogP contribution in [0.25, 0.3) is 11.0 Å². The smallest absolute Gasteiger partial charge is 0.326 e. The zero-order valence-electron chi connectivity index (χ0n) is 19.5. The van der Waals surface area contributed by atoms with Gasteiger partial charge in [-0.05, 0) is 64.3 Å². The standard InChI is InChI=1S/C26H33N3O3/c1-18(2)32-25(30)17-29-23-11-8-7-10-22(23)28-24(29)12-6-5-9-15-27-26(31)21-14-13-19(3)16-20(21)4/h7-8,10-11,13-14,16,18H,5-6,9,12,15,17H2,1-4H3,(H,27,31). The molecule has 3 aromatic rings. The van der Waals surface area contributed by atoms with Crippen molar-refractivity contribution in [1.29, 1.82) is 0 Å². The number of aromatic nitrogens is 2. The van der Waals surface area contributed by atoms with Crippen LogP contribution in [-0.4, -0.2) is 34.1 Å². The average molecular weight is 436 g/mol. The van der Waals surface area contributed by atoms with Gasteiger partial charge in [0, 0.05) is 18.5 Å². The van der Waals surface area contributed by atoms with Crippen molar-refractivity contribution in [3.8, 4) is 0 Å². The third kappa shape index (κ3) is 6.19. The Bertz CT molecular complexity index is 1090. The maximum Gasteiger partial charge on any atom is 0.326 e. The lowest BCUT2D eigenvalue weighted by atomic mass is 10.1. The molecule has 1 amide bonds. The van der Waals surface area contributed by atoms with E-state index in [1.807, 2.05) is 74.7 Å². The van der Waals surface area contributed by atoms with Crippen molar-refractivity contribution in [2.45, 2.75) is 66.0 Å². The first kappa shape index (κ1) is 23.5. The van der Waals surface area contributed by atoms with Crippen molar-refractivity contribution >= 4 is 22.9 Å². The summed E-state index contributed by atoms with van der Waals surface area (Å²) < 4.78 is 7.29. The monoisotopic (exact) mass is 435 g/mol. The lowest BCUT2D eigenvalue weighted by molar-refractivity contribution is -0.148. The van der Waals surface area contributed by atoms with Crippen molar-refractivity contribution in [2.24, 2.45) is 0 Å². The van der Waals surface area contributed by atoms with E-state index in [-0.39, 0.29) is 24.5 Å². The molecule has 0 aliphatic carbocycles. The number of aryl methyl sites for hydroxylation is 3. The number of imidazole rings is 1. The Labute approximate surface area is 190 Å². The van der Waals surface area contributed by atoms with Crippen molar-refractivity contribution in [3.05, 3.63) is 65.0 Å². The number of fused-ring (bicyclic) bond motifs is 1. The van der Waals surface area contributed by atoms with E-state index in [9.17, 15) is 9.59 Å². The molecule has 1 N–H and O–H groups in total.